The smallest absolute Gasteiger partial charge is 0.253 e. The third-order valence-corrected chi connectivity index (χ3v) is 5.29. The van der Waals surface area contributed by atoms with Gasteiger partial charge in [-0.15, -0.1) is 0 Å². The van der Waals surface area contributed by atoms with Crippen molar-refractivity contribution in [3.8, 4) is 0 Å². The number of aryl methyl sites for hydroxylation is 1. The predicted molar refractivity (Wildman–Crippen MR) is 129 cm³/mol. The number of rotatable bonds is 8. The third kappa shape index (κ3) is 5.87. The van der Waals surface area contributed by atoms with Crippen LogP contribution in [0.25, 0.3) is 10.9 Å². The predicted octanol–water partition coefficient (Wildman–Crippen LogP) is 3.52. The summed E-state index contributed by atoms with van der Waals surface area (Å²) in [6, 6.07) is 14.2. The SMILES string of the molecule is CCNC(=NCCc1c[nH]c2c(C)cccc12)NCCc1cccc(C(=O)N(C)C)c1. The molecule has 1 heterocycles. The van der Waals surface area contributed by atoms with E-state index in [0.717, 1.165) is 43.0 Å². The van der Waals surface area contributed by atoms with Gasteiger partial charge < -0.3 is 20.5 Å². The molecule has 3 aromatic rings. The van der Waals surface area contributed by atoms with E-state index in [1.54, 1.807) is 19.0 Å². The molecule has 1 aromatic heterocycles. The van der Waals surface area contributed by atoms with Gasteiger partial charge in [-0.2, -0.15) is 0 Å². The van der Waals surface area contributed by atoms with Gasteiger partial charge in [0.1, 0.15) is 0 Å². The van der Waals surface area contributed by atoms with Gasteiger partial charge in [-0.25, -0.2) is 0 Å². The van der Waals surface area contributed by atoms with Crippen molar-refractivity contribution in [1.82, 2.24) is 20.5 Å². The molecule has 3 rings (SSSR count). The fraction of sp³-hybridized carbons (Fsp3) is 0.360. The summed E-state index contributed by atoms with van der Waals surface area (Å²) in [5, 5.41) is 7.99. The van der Waals surface area contributed by atoms with Crippen LogP contribution in [-0.4, -0.2) is 55.5 Å². The van der Waals surface area contributed by atoms with Crippen molar-refractivity contribution in [1.29, 1.82) is 0 Å². The van der Waals surface area contributed by atoms with Crippen LogP contribution in [0, 0.1) is 6.92 Å². The number of nitrogens with one attached hydrogen (secondary N) is 3. The lowest BCUT2D eigenvalue weighted by atomic mass is 10.1. The maximum atomic E-state index is 12.2. The summed E-state index contributed by atoms with van der Waals surface area (Å²) in [7, 11) is 3.54. The highest BCUT2D eigenvalue weighted by Crippen LogP contribution is 2.21. The number of benzene rings is 2. The third-order valence-electron chi connectivity index (χ3n) is 5.29. The Labute approximate surface area is 184 Å². The van der Waals surface area contributed by atoms with Crippen LogP contribution in [0.1, 0.15) is 34.0 Å². The Hall–Kier alpha value is -3.28. The number of aliphatic imine (C=N–C) groups is 1. The molecular weight excluding hydrogens is 386 g/mol. The molecule has 0 aliphatic heterocycles. The first-order valence-electron chi connectivity index (χ1n) is 10.9. The highest BCUT2D eigenvalue weighted by atomic mass is 16.2. The number of carbonyl (C=O) groups is 1. The molecule has 6 nitrogen and oxygen atoms in total. The van der Waals surface area contributed by atoms with Crippen LogP contribution in [0.5, 0.6) is 0 Å². The standard InChI is InChI=1S/C25H33N5O/c1-5-26-25(27-14-12-19-9-7-10-20(16-19)24(31)30(3)4)28-15-13-21-17-29-23-18(2)8-6-11-22(21)23/h6-11,16-17,29H,5,12-15H2,1-4H3,(H2,26,27,28). The van der Waals surface area contributed by atoms with E-state index < -0.39 is 0 Å². The number of para-hydroxylation sites is 1. The molecule has 0 saturated heterocycles. The van der Waals surface area contributed by atoms with Crippen molar-refractivity contribution in [2.75, 3.05) is 33.7 Å². The molecule has 0 aliphatic carbocycles. The van der Waals surface area contributed by atoms with E-state index in [9.17, 15) is 4.79 Å². The van der Waals surface area contributed by atoms with E-state index >= 15 is 0 Å². The molecule has 0 atom stereocenters. The first-order valence-corrected chi connectivity index (χ1v) is 10.9. The summed E-state index contributed by atoms with van der Waals surface area (Å²) < 4.78 is 0. The van der Waals surface area contributed by atoms with E-state index in [1.807, 2.05) is 18.2 Å². The largest absolute Gasteiger partial charge is 0.361 e. The van der Waals surface area contributed by atoms with Gasteiger partial charge in [0.25, 0.3) is 5.91 Å². The number of aromatic amines is 1. The maximum Gasteiger partial charge on any atom is 0.253 e. The van der Waals surface area contributed by atoms with E-state index in [2.05, 4.69) is 59.9 Å². The normalized spacial score (nSPS) is 11.5. The number of nitrogens with zero attached hydrogens (tertiary/aromatic N) is 2. The van der Waals surface area contributed by atoms with Crippen molar-refractivity contribution < 1.29 is 4.79 Å². The molecule has 0 bridgehead atoms. The van der Waals surface area contributed by atoms with Crippen molar-refractivity contribution >= 4 is 22.8 Å². The summed E-state index contributed by atoms with van der Waals surface area (Å²) >= 11 is 0. The van der Waals surface area contributed by atoms with E-state index in [4.69, 9.17) is 4.99 Å². The number of aromatic nitrogens is 1. The topological polar surface area (TPSA) is 72.5 Å². The fourth-order valence-electron chi connectivity index (χ4n) is 3.64. The zero-order chi connectivity index (χ0) is 22.2. The molecule has 3 N–H and O–H groups in total. The number of carbonyl (C=O) groups excluding carboxylic acids is 1. The highest BCUT2D eigenvalue weighted by Gasteiger charge is 2.08. The Balaban J connectivity index is 1.56. The monoisotopic (exact) mass is 419 g/mol. The summed E-state index contributed by atoms with van der Waals surface area (Å²) in [5.74, 6) is 0.844. The second-order valence-corrected chi connectivity index (χ2v) is 7.90. The lowest BCUT2D eigenvalue weighted by Crippen LogP contribution is -2.38. The summed E-state index contributed by atoms with van der Waals surface area (Å²) in [4.78, 5) is 21.9. The number of hydrogen-bond donors (Lipinski definition) is 3. The quantitative estimate of drug-likeness (QED) is 0.386. The van der Waals surface area contributed by atoms with Crippen LogP contribution in [0.3, 0.4) is 0 Å². The van der Waals surface area contributed by atoms with Crippen LogP contribution in [-0.2, 0) is 12.8 Å². The molecule has 0 saturated carbocycles. The molecule has 0 radical (unpaired) electrons. The summed E-state index contributed by atoms with van der Waals surface area (Å²) in [6.45, 7) is 6.46. The minimum absolute atomic E-state index is 0.0252. The molecule has 2 aromatic carbocycles. The van der Waals surface area contributed by atoms with Gasteiger partial charge in [-0.3, -0.25) is 9.79 Å². The van der Waals surface area contributed by atoms with Gasteiger partial charge in [0.2, 0.25) is 0 Å². The number of H-pyrrole nitrogens is 1. The second kappa shape index (κ2) is 10.7. The Bertz CT molecular complexity index is 1050. The Morgan fingerprint density at radius 3 is 2.68 bits per heavy atom. The lowest BCUT2D eigenvalue weighted by molar-refractivity contribution is 0.0827. The van der Waals surface area contributed by atoms with Crippen LogP contribution >= 0.6 is 0 Å². The molecule has 31 heavy (non-hydrogen) atoms. The zero-order valence-corrected chi connectivity index (χ0v) is 19.0. The summed E-state index contributed by atoms with van der Waals surface area (Å²) in [6.07, 6.45) is 3.80. The van der Waals surface area contributed by atoms with Crippen LogP contribution in [0.2, 0.25) is 0 Å². The Morgan fingerprint density at radius 2 is 1.90 bits per heavy atom. The average molecular weight is 420 g/mol. The number of fused-ring (bicyclic) bond motifs is 1. The maximum absolute atomic E-state index is 12.2. The Morgan fingerprint density at radius 1 is 1.10 bits per heavy atom. The van der Waals surface area contributed by atoms with Gasteiger partial charge >= 0.3 is 0 Å². The van der Waals surface area contributed by atoms with Crippen molar-refractivity contribution in [3.63, 3.8) is 0 Å². The van der Waals surface area contributed by atoms with E-state index in [1.165, 1.54) is 22.0 Å². The summed E-state index contributed by atoms with van der Waals surface area (Å²) in [5.41, 5.74) is 5.61. The molecule has 6 heteroatoms. The van der Waals surface area contributed by atoms with Crippen molar-refractivity contribution in [3.05, 3.63) is 70.9 Å². The average Bonchev–Trinajstić information content (AvgIpc) is 3.18. The highest BCUT2D eigenvalue weighted by molar-refractivity contribution is 5.94. The molecule has 0 spiro atoms. The van der Waals surface area contributed by atoms with Gasteiger partial charge in [-0.05, 0) is 55.5 Å². The fourth-order valence-corrected chi connectivity index (χ4v) is 3.64. The van der Waals surface area contributed by atoms with E-state index in [-0.39, 0.29) is 5.91 Å². The Kier molecular flexibility index (Phi) is 7.70. The minimum atomic E-state index is 0.0252. The molecule has 1 amide bonds. The first-order chi connectivity index (χ1) is 15.0. The molecule has 0 fully saturated rings. The van der Waals surface area contributed by atoms with E-state index in [0.29, 0.717) is 6.54 Å². The molecular formula is C25H33N5O. The molecule has 0 unspecified atom stereocenters. The van der Waals surface area contributed by atoms with Gasteiger partial charge in [0, 0.05) is 56.4 Å². The van der Waals surface area contributed by atoms with Gasteiger partial charge in [-0.1, -0.05) is 30.3 Å². The van der Waals surface area contributed by atoms with Crippen molar-refractivity contribution in [2.45, 2.75) is 26.7 Å². The van der Waals surface area contributed by atoms with Crippen LogP contribution in [0.4, 0.5) is 0 Å². The lowest BCUT2D eigenvalue weighted by Gasteiger charge is -2.13. The van der Waals surface area contributed by atoms with Gasteiger partial charge in [0.05, 0.1) is 0 Å². The molecule has 164 valence electrons. The van der Waals surface area contributed by atoms with Crippen molar-refractivity contribution in [2.24, 2.45) is 4.99 Å². The van der Waals surface area contributed by atoms with Crippen LogP contribution < -0.4 is 10.6 Å². The van der Waals surface area contributed by atoms with Gasteiger partial charge in [0.15, 0.2) is 5.96 Å². The second-order valence-electron chi connectivity index (χ2n) is 7.90. The number of guanidine groups is 1. The minimum Gasteiger partial charge on any atom is -0.361 e. The molecule has 0 aliphatic rings. The first kappa shape index (κ1) is 22.4. The van der Waals surface area contributed by atoms with Crippen LogP contribution in [0.15, 0.2) is 53.7 Å². The number of hydrogen-bond acceptors (Lipinski definition) is 2. The zero-order valence-electron chi connectivity index (χ0n) is 19.0. The number of amides is 1.